The van der Waals surface area contributed by atoms with Gasteiger partial charge >= 0.3 is 0 Å². The normalized spacial score (nSPS) is 27.0. The third-order valence-electron chi connectivity index (χ3n) is 2.20. The Bertz CT molecular complexity index is 278. The zero-order valence-corrected chi connectivity index (χ0v) is 8.22. The molecule has 3 nitrogen and oxygen atoms in total. The van der Waals surface area contributed by atoms with Gasteiger partial charge in [-0.3, -0.25) is 4.79 Å². The van der Waals surface area contributed by atoms with Crippen LogP contribution in [0.3, 0.4) is 0 Å². The van der Waals surface area contributed by atoms with Crippen LogP contribution in [0.4, 0.5) is 0 Å². The molecule has 3 heteroatoms. The van der Waals surface area contributed by atoms with Gasteiger partial charge in [0, 0.05) is 18.9 Å². The molecule has 0 aliphatic carbocycles. The van der Waals surface area contributed by atoms with Crippen LogP contribution >= 0.6 is 0 Å². The van der Waals surface area contributed by atoms with E-state index in [4.69, 9.17) is 4.74 Å². The first kappa shape index (κ1) is 9.96. The molecule has 72 valence electrons. The molecule has 1 aliphatic heterocycles. The van der Waals surface area contributed by atoms with E-state index in [0.29, 0.717) is 18.6 Å². The van der Waals surface area contributed by atoms with Crippen molar-refractivity contribution in [2.45, 2.75) is 39.2 Å². The topological polar surface area (TPSA) is 43.4 Å². The summed E-state index contributed by atoms with van der Waals surface area (Å²) in [6, 6.07) is 0. The van der Waals surface area contributed by atoms with Gasteiger partial charge in [0.15, 0.2) is 5.60 Å². The second-order valence-corrected chi connectivity index (χ2v) is 3.65. The average Bonchev–Trinajstić information content (AvgIpc) is 2.23. The van der Waals surface area contributed by atoms with Crippen molar-refractivity contribution in [1.29, 1.82) is 0 Å². The Morgan fingerprint density at radius 3 is 2.62 bits per heavy atom. The summed E-state index contributed by atoms with van der Waals surface area (Å²) in [6.45, 7) is 4.99. The van der Waals surface area contributed by atoms with E-state index in [9.17, 15) is 9.59 Å². The second-order valence-electron chi connectivity index (χ2n) is 3.65. The number of carbonyl (C=O) groups is 2. The van der Waals surface area contributed by atoms with E-state index in [2.05, 4.69) is 0 Å². The third kappa shape index (κ3) is 2.17. The maximum atomic E-state index is 11.4. The summed E-state index contributed by atoms with van der Waals surface area (Å²) < 4.78 is 5.37. The van der Waals surface area contributed by atoms with Crippen molar-refractivity contribution in [3.63, 3.8) is 0 Å². The van der Waals surface area contributed by atoms with Crippen molar-refractivity contribution in [1.82, 2.24) is 0 Å². The lowest BCUT2D eigenvalue weighted by Crippen LogP contribution is -2.33. The van der Waals surface area contributed by atoms with Crippen molar-refractivity contribution in [3.05, 3.63) is 11.8 Å². The van der Waals surface area contributed by atoms with Crippen molar-refractivity contribution in [2.75, 3.05) is 0 Å². The van der Waals surface area contributed by atoms with Crippen molar-refractivity contribution in [2.24, 2.45) is 0 Å². The summed E-state index contributed by atoms with van der Waals surface area (Å²) in [5.41, 5.74) is -0.796. The van der Waals surface area contributed by atoms with Gasteiger partial charge in [0.1, 0.15) is 5.78 Å². The monoisotopic (exact) mass is 182 g/mol. The summed E-state index contributed by atoms with van der Waals surface area (Å²) in [5, 5.41) is 0. The number of hydrogen-bond acceptors (Lipinski definition) is 3. The Morgan fingerprint density at radius 2 is 2.23 bits per heavy atom. The van der Waals surface area contributed by atoms with E-state index in [-0.39, 0.29) is 11.6 Å². The van der Waals surface area contributed by atoms with Gasteiger partial charge in [-0.25, -0.2) is 0 Å². The highest BCUT2D eigenvalue weighted by atomic mass is 16.5. The summed E-state index contributed by atoms with van der Waals surface area (Å²) in [4.78, 5) is 22.2. The SMILES string of the molecule is CC(=O)CCC1(C)OC(C)=CC1=O. The van der Waals surface area contributed by atoms with Gasteiger partial charge in [-0.1, -0.05) is 0 Å². The standard InChI is InChI=1S/C10H14O3/c1-7(11)4-5-10(3)9(12)6-8(2)13-10/h6H,4-5H2,1-3H3. The van der Waals surface area contributed by atoms with Gasteiger partial charge in [0.05, 0.1) is 5.76 Å². The van der Waals surface area contributed by atoms with Crippen LogP contribution in [0.25, 0.3) is 0 Å². The van der Waals surface area contributed by atoms with E-state index in [1.165, 1.54) is 13.0 Å². The molecule has 13 heavy (non-hydrogen) atoms. The Morgan fingerprint density at radius 1 is 1.62 bits per heavy atom. The lowest BCUT2D eigenvalue weighted by atomic mass is 9.95. The summed E-state index contributed by atoms with van der Waals surface area (Å²) in [5.74, 6) is 0.685. The molecular formula is C10H14O3. The van der Waals surface area contributed by atoms with E-state index in [0.717, 1.165) is 0 Å². The highest BCUT2D eigenvalue weighted by Gasteiger charge is 2.38. The van der Waals surface area contributed by atoms with Gasteiger partial charge < -0.3 is 9.53 Å². The maximum absolute atomic E-state index is 11.4. The highest BCUT2D eigenvalue weighted by Crippen LogP contribution is 2.28. The van der Waals surface area contributed by atoms with Crippen LogP contribution in [0.1, 0.15) is 33.6 Å². The second kappa shape index (κ2) is 3.32. The molecule has 0 aromatic rings. The molecule has 0 aromatic carbocycles. The molecular weight excluding hydrogens is 168 g/mol. The van der Waals surface area contributed by atoms with Crippen LogP contribution in [0.5, 0.6) is 0 Å². The Labute approximate surface area is 77.8 Å². The van der Waals surface area contributed by atoms with Crippen LogP contribution in [0.2, 0.25) is 0 Å². The third-order valence-corrected chi connectivity index (χ3v) is 2.20. The molecule has 0 aromatic heterocycles. The summed E-state index contributed by atoms with van der Waals surface area (Å²) >= 11 is 0. The Balaban J connectivity index is 2.59. The van der Waals surface area contributed by atoms with E-state index >= 15 is 0 Å². The van der Waals surface area contributed by atoms with E-state index in [1.807, 2.05) is 0 Å². The van der Waals surface area contributed by atoms with Gasteiger partial charge in [-0.2, -0.15) is 0 Å². The number of Topliss-reactive ketones (excluding diaryl/α,β-unsaturated/α-hetero) is 1. The number of ketones is 2. The molecule has 1 atom stereocenters. The maximum Gasteiger partial charge on any atom is 0.202 e. The predicted octanol–water partition coefficient (Wildman–Crippen LogP) is 1.62. The zero-order chi connectivity index (χ0) is 10.1. The minimum absolute atomic E-state index is 0.0359. The first-order chi connectivity index (χ1) is 5.94. The molecule has 0 bridgehead atoms. The minimum atomic E-state index is -0.796. The molecule has 1 aliphatic rings. The summed E-state index contributed by atoms with van der Waals surface area (Å²) in [6.07, 6.45) is 2.35. The molecule has 0 N–H and O–H groups in total. The molecule has 0 fully saturated rings. The average molecular weight is 182 g/mol. The van der Waals surface area contributed by atoms with E-state index < -0.39 is 5.60 Å². The number of rotatable bonds is 3. The zero-order valence-electron chi connectivity index (χ0n) is 8.22. The fourth-order valence-electron chi connectivity index (χ4n) is 1.36. The van der Waals surface area contributed by atoms with Crippen LogP contribution in [-0.2, 0) is 14.3 Å². The molecule has 1 rings (SSSR count). The van der Waals surface area contributed by atoms with E-state index in [1.54, 1.807) is 13.8 Å². The number of hydrogen-bond donors (Lipinski definition) is 0. The number of ether oxygens (including phenoxy) is 1. The molecule has 0 spiro atoms. The van der Waals surface area contributed by atoms with Crippen molar-refractivity contribution >= 4 is 11.6 Å². The largest absolute Gasteiger partial charge is 0.484 e. The first-order valence-electron chi connectivity index (χ1n) is 4.35. The highest BCUT2D eigenvalue weighted by molar-refractivity contribution is 5.99. The molecule has 0 saturated heterocycles. The van der Waals surface area contributed by atoms with Gasteiger partial charge in [-0.15, -0.1) is 0 Å². The van der Waals surface area contributed by atoms with Gasteiger partial charge in [0.2, 0.25) is 5.78 Å². The molecule has 0 saturated carbocycles. The van der Waals surface area contributed by atoms with Crippen LogP contribution in [0.15, 0.2) is 11.8 Å². The van der Waals surface area contributed by atoms with Crippen molar-refractivity contribution in [3.8, 4) is 0 Å². The number of allylic oxidation sites excluding steroid dienone is 1. The van der Waals surface area contributed by atoms with Crippen molar-refractivity contribution < 1.29 is 14.3 Å². The lowest BCUT2D eigenvalue weighted by molar-refractivity contribution is -0.130. The molecule has 0 amide bonds. The van der Waals surface area contributed by atoms with Crippen LogP contribution in [-0.4, -0.2) is 17.2 Å². The molecule has 1 heterocycles. The smallest absolute Gasteiger partial charge is 0.202 e. The Kier molecular flexibility index (Phi) is 2.55. The molecule has 1 unspecified atom stereocenters. The van der Waals surface area contributed by atoms with Crippen LogP contribution in [0, 0.1) is 0 Å². The number of carbonyl (C=O) groups excluding carboxylic acids is 2. The Hall–Kier alpha value is -1.12. The summed E-state index contributed by atoms with van der Waals surface area (Å²) in [7, 11) is 0. The predicted molar refractivity (Wildman–Crippen MR) is 48.2 cm³/mol. The lowest BCUT2D eigenvalue weighted by Gasteiger charge is -2.22. The van der Waals surface area contributed by atoms with Gasteiger partial charge in [-0.05, 0) is 20.8 Å². The minimum Gasteiger partial charge on any atom is -0.484 e. The van der Waals surface area contributed by atoms with Crippen LogP contribution < -0.4 is 0 Å². The fraction of sp³-hybridized carbons (Fsp3) is 0.600. The molecule has 0 radical (unpaired) electrons. The first-order valence-corrected chi connectivity index (χ1v) is 4.35. The fourth-order valence-corrected chi connectivity index (χ4v) is 1.36. The van der Waals surface area contributed by atoms with Gasteiger partial charge in [0.25, 0.3) is 0 Å². The quantitative estimate of drug-likeness (QED) is 0.666.